The van der Waals surface area contributed by atoms with Gasteiger partial charge >= 0.3 is 0 Å². The second-order valence-electron chi connectivity index (χ2n) is 4.29. The molecule has 0 heterocycles. The molecule has 0 fully saturated rings. The van der Waals surface area contributed by atoms with E-state index >= 15 is 0 Å². The smallest absolute Gasteiger partial charge is 0.150 e. The van der Waals surface area contributed by atoms with Crippen molar-refractivity contribution in [1.82, 2.24) is 0 Å². The summed E-state index contributed by atoms with van der Waals surface area (Å²) >= 11 is 5.84. The summed E-state index contributed by atoms with van der Waals surface area (Å²) < 4.78 is 14.1. The Bertz CT molecular complexity index is 597. The average molecular weight is 263 g/mol. The third-order valence-corrected chi connectivity index (χ3v) is 3.08. The lowest BCUT2D eigenvalue weighted by Gasteiger charge is -2.11. The number of aldehydes is 1. The molecule has 0 atom stereocenters. The van der Waals surface area contributed by atoms with E-state index in [9.17, 15) is 9.18 Å². The van der Waals surface area contributed by atoms with Gasteiger partial charge < -0.3 is 0 Å². The van der Waals surface area contributed by atoms with E-state index in [-0.39, 0.29) is 5.82 Å². The summed E-state index contributed by atoms with van der Waals surface area (Å²) in [6, 6.07) is 8.23. The van der Waals surface area contributed by atoms with Crippen LogP contribution >= 0.6 is 11.6 Å². The van der Waals surface area contributed by atoms with Crippen LogP contribution in [0.4, 0.5) is 4.39 Å². The first-order valence-electron chi connectivity index (χ1n) is 5.55. The van der Waals surface area contributed by atoms with E-state index in [0.717, 1.165) is 11.1 Å². The number of aryl methyl sites for hydroxylation is 2. The number of hydrogen-bond acceptors (Lipinski definition) is 1. The summed E-state index contributed by atoms with van der Waals surface area (Å²) in [4.78, 5) is 11.1. The monoisotopic (exact) mass is 262 g/mol. The average Bonchev–Trinajstić information content (AvgIpc) is 2.29. The van der Waals surface area contributed by atoms with Crippen molar-refractivity contribution in [3.8, 4) is 11.1 Å². The Morgan fingerprint density at radius 1 is 1.17 bits per heavy atom. The van der Waals surface area contributed by atoms with E-state index in [1.54, 1.807) is 18.2 Å². The van der Waals surface area contributed by atoms with Crippen LogP contribution in [0.3, 0.4) is 0 Å². The number of rotatable bonds is 2. The SMILES string of the molecule is Cc1cc(C)c(-c2ccc(Cl)cc2C=O)c(F)c1. The molecule has 18 heavy (non-hydrogen) atoms. The zero-order valence-electron chi connectivity index (χ0n) is 10.1. The van der Waals surface area contributed by atoms with Gasteiger partial charge in [-0.05, 0) is 48.7 Å². The fourth-order valence-corrected chi connectivity index (χ4v) is 2.30. The van der Waals surface area contributed by atoms with Gasteiger partial charge in [0.2, 0.25) is 0 Å². The van der Waals surface area contributed by atoms with E-state index in [0.29, 0.717) is 28.0 Å². The first-order chi connectivity index (χ1) is 8.52. The molecule has 3 heteroatoms. The zero-order valence-corrected chi connectivity index (χ0v) is 10.9. The normalized spacial score (nSPS) is 10.4. The first kappa shape index (κ1) is 12.8. The highest BCUT2D eigenvalue weighted by Crippen LogP contribution is 2.31. The van der Waals surface area contributed by atoms with Crippen LogP contribution in [-0.2, 0) is 0 Å². The Hall–Kier alpha value is -1.67. The minimum Gasteiger partial charge on any atom is -0.298 e. The highest BCUT2D eigenvalue weighted by molar-refractivity contribution is 6.31. The van der Waals surface area contributed by atoms with E-state index in [4.69, 9.17) is 11.6 Å². The molecule has 1 nitrogen and oxygen atoms in total. The molecule has 2 aromatic carbocycles. The second kappa shape index (κ2) is 4.91. The van der Waals surface area contributed by atoms with Gasteiger partial charge in [0.25, 0.3) is 0 Å². The van der Waals surface area contributed by atoms with Crippen LogP contribution in [0, 0.1) is 19.7 Å². The molecule has 2 aromatic rings. The maximum absolute atomic E-state index is 14.1. The Kier molecular flexibility index (Phi) is 3.48. The highest BCUT2D eigenvalue weighted by Gasteiger charge is 2.13. The standard InChI is InChI=1S/C15H12ClFO/c1-9-5-10(2)15(14(17)6-9)13-4-3-12(16)7-11(13)8-18/h3-8H,1-2H3. The van der Waals surface area contributed by atoms with Gasteiger partial charge in [-0.25, -0.2) is 4.39 Å². The quantitative estimate of drug-likeness (QED) is 0.724. The third-order valence-electron chi connectivity index (χ3n) is 2.84. The highest BCUT2D eigenvalue weighted by atomic mass is 35.5. The number of halogens is 2. The molecule has 0 saturated heterocycles. The van der Waals surface area contributed by atoms with Crippen molar-refractivity contribution in [3.63, 3.8) is 0 Å². The molecule has 0 aliphatic heterocycles. The predicted octanol–water partition coefficient (Wildman–Crippen LogP) is 4.58. The molecular weight excluding hydrogens is 251 g/mol. The Morgan fingerprint density at radius 2 is 1.89 bits per heavy atom. The Morgan fingerprint density at radius 3 is 2.50 bits per heavy atom. The maximum atomic E-state index is 14.1. The van der Waals surface area contributed by atoms with Crippen molar-refractivity contribution < 1.29 is 9.18 Å². The largest absolute Gasteiger partial charge is 0.298 e. The van der Waals surface area contributed by atoms with Crippen LogP contribution in [0.25, 0.3) is 11.1 Å². The van der Waals surface area contributed by atoms with E-state index in [1.807, 2.05) is 19.9 Å². The van der Waals surface area contributed by atoms with Gasteiger partial charge in [0.05, 0.1) is 0 Å². The molecule has 0 saturated carbocycles. The molecule has 92 valence electrons. The minimum absolute atomic E-state index is 0.321. The van der Waals surface area contributed by atoms with Gasteiger partial charge in [0.1, 0.15) is 5.82 Å². The maximum Gasteiger partial charge on any atom is 0.150 e. The van der Waals surface area contributed by atoms with Crippen molar-refractivity contribution >= 4 is 17.9 Å². The van der Waals surface area contributed by atoms with Crippen molar-refractivity contribution in [2.24, 2.45) is 0 Å². The molecule has 0 aromatic heterocycles. The second-order valence-corrected chi connectivity index (χ2v) is 4.72. The zero-order chi connectivity index (χ0) is 13.3. The molecule has 0 N–H and O–H groups in total. The summed E-state index contributed by atoms with van der Waals surface area (Å²) in [5.41, 5.74) is 3.09. The summed E-state index contributed by atoms with van der Waals surface area (Å²) in [5.74, 6) is -0.321. The van der Waals surface area contributed by atoms with Crippen LogP contribution in [0.2, 0.25) is 5.02 Å². The fourth-order valence-electron chi connectivity index (χ4n) is 2.12. The minimum atomic E-state index is -0.321. The van der Waals surface area contributed by atoms with Gasteiger partial charge in [0, 0.05) is 16.1 Å². The molecule has 2 rings (SSSR count). The van der Waals surface area contributed by atoms with Crippen molar-refractivity contribution in [1.29, 1.82) is 0 Å². The summed E-state index contributed by atoms with van der Waals surface area (Å²) in [5, 5.41) is 0.464. The number of carbonyl (C=O) groups is 1. The van der Waals surface area contributed by atoms with E-state index in [2.05, 4.69) is 0 Å². The molecule has 0 spiro atoms. The van der Waals surface area contributed by atoms with Gasteiger partial charge in [-0.2, -0.15) is 0 Å². The predicted molar refractivity (Wildman–Crippen MR) is 71.7 cm³/mol. The van der Waals surface area contributed by atoms with Gasteiger partial charge in [-0.1, -0.05) is 23.7 Å². The molecule has 0 bridgehead atoms. The van der Waals surface area contributed by atoms with Crippen molar-refractivity contribution in [2.75, 3.05) is 0 Å². The topological polar surface area (TPSA) is 17.1 Å². The fraction of sp³-hybridized carbons (Fsp3) is 0.133. The first-order valence-corrected chi connectivity index (χ1v) is 5.92. The molecule has 0 aliphatic rings. The van der Waals surface area contributed by atoms with Crippen LogP contribution in [-0.4, -0.2) is 6.29 Å². The molecule has 0 radical (unpaired) electrons. The Labute approximate surface area is 110 Å². The van der Waals surface area contributed by atoms with E-state index in [1.165, 1.54) is 6.07 Å². The molecule has 0 aliphatic carbocycles. The lowest BCUT2D eigenvalue weighted by molar-refractivity contribution is 0.112. The van der Waals surface area contributed by atoms with Gasteiger partial charge in [-0.15, -0.1) is 0 Å². The van der Waals surface area contributed by atoms with Gasteiger partial charge in [-0.3, -0.25) is 4.79 Å². The number of carbonyl (C=O) groups excluding carboxylic acids is 1. The van der Waals surface area contributed by atoms with Gasteiger partial charge in [0.15, 0.2) is 6.29 Å². The van der Waals surface area contributed by atoms with Crippen molar-refractivity contribution in [2.45, 2.75) is 13.8 Å². The summed E-state index contributed by atoms with van der Waals surface area (Å²) in [7, 11) is 0. The van der Waals surface area contributed by atoms with Crippen LogP contribution in [0.1, 0.15) is 21.5 Å². The lowest BCUT2D eigenvalue weighted by Crippen LogP contribution is -1.95. The molecular formula is C15H12ClFO. The Balaban J connectivity index is 2.73. The number of benzene rings is 2. The molecule has 0 amide bonds. The van der Waals surface area contributed by atoms with Crippen molar-refractivity contribution in [3.05, 3.63) is 57.9 Å². The lowest BCUT2D eigenvalue weighted by atomic mass is 9.94. The van der Waals surface area contributed by atoms with Crippen LogP contribution < -0.4 is 0 Å². The third kappa shape index (κ3) is 2.29. The molecule has 0 unspecified atom stereocenters. The summed E-state index contributed by atoms with van der Waals surface area (Å²) in [6.07, 6.45) is 0.694. The van der Waals surface area contributed by atoms with E-state index < -0.39 is 0 Å². The number of hydrogen-bond donors (Lipinski definition) is 0. The summed E-state index contributed by atoms with van der Waals surface area (Å²) in [6.45, 7) is 3.66. The van der Waals surface area contributed by atoms with Crippen LogP contribution in [0.5, 0.6) is 0 Å². The van der Waals surface area contributed by atoms with Crippen LogP contribution in [0.15, 0.2) is 30.3 Å².